The Labute approximate surface area is 248 Å². The molecule has 6 rings (SSSR count). The number of carbonyl (C=O) groups is 1. The normalized spacial score (nSPS) is 17.2. The van der Waals surface area contributed by atoms with E-state index < -0.39 is 0 Å². The van der Waals surface area contributed by atoms with E-state index in [1.807, 2.05) is 62.1 Å². The average Bonchev–Trinajstić information content (AvgIpc) is 3.61. The van der Waals surface area contributed by atoms with Gasteiger partial charge in [-0.1, -0.05) is 31.0 Å². The summed E-state index contributed by atoms with van der Waals surface area (Å²) in [6, 6.07) is 10.6. The van der Waals surface area contributed by atoms with E-state index in [0.29, 0.717) is 29.2 Å². The summed E-state index contributed by atoms with van der Waals surface area (Å²) in [6.07, 6.45) is 10.7. The standard InChI is InChI=1S/C31H31ClN8O2/c1-4-39-17-21(15-36-39)23-9-8-22(32)13-24(23)25-14-29(41)40(18-34-25)28-7-5-6-19(2)31(42)37-27-16-35-38(3)30(27)20-10-11-33-26(28)12-20/h8-19,28H,4-7H2,1-3H3,(H,37,42). The molecule has 0 radical (unpaired) electrons. The summed E-state index contributed by atoms with van der Waals surface area (Å²) in [7, 11) is 1.84. The fourth-order valence-electron chi connectivity index (χ4n) is 5.53. The van der Waals surface area contributed by atoms with Gasteiger partial charge in [-0.15, -0.1) is 0 Å². The van der Waals surface area contributed by atoms with Gasteiger partial charge in [0.2, 0.25) is 5.91 Å². The molecule has 1 N–H and O–H groups in total. The summed E-state index contributed by atoms with van der Waals surface area (Å²) < 4.78 is 5.22. The van der Waals surface area contributed by atoms with E-state index in [9.17, 15) is 9.59 Å². The molecule has 0 saturated heterocycles. The summed E-state index contributed by atoms with van der Waals surface area (Å²) in [4.78, 5) is 36.1. The van der Waals surface area contributed by atoms with E-state index in [0.717, 1.165) is 46.6 Å². The molecule has 0 spiro atoms. The SMILES string of the molecule is CCn1cc(-c2ccc(Cl)cc2-c2cc(=O)n(C3CCCC(C)C(=O)Nc4cnn(C)c4-c4ccnc3c4)cn2)cn1. The van der Waals surface area contributed by atoms with Crippen LogP contribution >= 0.6 is 11.6 Å². The Morgan fingerprint density at radius 2 is 1.86 bits per heavy atom. The molecule has 0 aliphatic carbocycles. The van der Waals surface area contributed by atoms with Crippen LogP contribution in [0.1, 0.15) is 44.8 Å². The third-order valence-electron chi connectivity index (χ3n) is 7.85. The maximum absolute atomic E-state index is 13.8. The van der Waals surface area contributed by atoms with Crippen molar-refractivity contribution in [3.05, 3.63) is 88.6 Å². The molecule has 1 amide bonds. The first-order valence-corrected chi connectivity index (χ1v) is 14.4. The lowest BCUT2D eigenvalue weighted by molar-refractivity contribution is -0.119. The van der Waals surface area contributed by atoms with Crippen LogP contribution in [0, 0.1) is 5.92 Å². The van der Waals surface area contributed by atoms with Crippen molar-refractivity contribution in [2.45, 2.75) is 45.7 Å². The third-order valence-corrected chi connectivity index (χ3v) is 8.09. The molecule has 10 nitrogen and oxygen atoms in total. The summed E-state index contributed by atoms with van der Waals surface area (Å²) >= 11 is 6.39. The Morgan fingerprint density at radius 1 is 1.00 bits per heavy atom. The van der Waals surface area contributed by atoms with Gasteiger partial charge in [0, 0.05) is 59.7 Å². The Morgan fingerprint density at radius 3 is 2.64 bits per heavy atom. The van der Waals surface area contributed by atoms with E-state index >= 15 is 0 Å². The second kappa shape index (κ2) is 11.4. The second-order valence-electron chi connectivity index (χ2n) is 10.6. The van der Waals surface area contributed by atoms with Gasteiger partial charge in [0.05, 0.1) is 47.5 Å². The average molecular weight is 583 g/mol. The molecular formula is C31H31ClN8O2. The van der Waals surface area contributed by atoms with Crippen LogP contribution in [0.4, 0.5) is 5.69 Å². The van der Waals surface area contributed by atoms with Crippen LogP contribution < -0.4 is 10.9 Å². The molecule has 42 heavy (non-hydrogen) atoms. The minimum atomic E-state index is -0.369. The number of nitrogens with zero attached hydrogens (tertiary/aromatic N) is 7. The van der Waals surface area contributed by atoms with Crippen LogP contribution in [0.5, 0.6) is 0 Å². The molecule has 11 heteroatoms. The number of anilines is 1. The lowest BCUT2D eigenvalue weighted by Gasteiger charge is -2.22. The third kappa shape index (κ3) is 5.25. The van der Waals surface area contributed by atoms with Gasteiger partial charge in [-0.25, -0.2) is 4.98 Å². The smallest absolute Gasteiger partial charge is 0.254 e. The highest BCUT2D eigenvalue weighted by Crippen LogP contribution is 2.34. The number of benzene rings is 1. The highest BCUT2D eigenvalue weighted by Gasteiger charge is 2.24. The lowest BCUT2D eigenvalue weighted by atomic mass is 9.96. The van der Waals surface area contributed by atoms with Crippen molar-refractivity contribution in [3.8, 4) is 33.6 Å². The number of carbonyl (C=O) groups excluding carboxylic acids is 1. The maximum Gasteiger partial charge on any atom is 0.254 e. The topological polar surface area (TPSA) is 113 Å². The predicted octanol–water partition coefficient (Wildman–Crippen LogP) is 5.59. The van der Waals surface area contributed by atoms with Crippen molar-refractivity contribution in [2.24, 2.45) is 13.0 Å². The quantitative estimate of drug-likeness (QED) is 0.295. The molecule has 5 aromatic rings. The number of hydrogen-bond acceptors (Lipinski definition) is 6. The van der Waals surface area contributed by atoms with E-state index in [2.05, 4.69) is 20.5 Å². The van der Waals surface area contributed by atoms with Crippen molar-refractivity contribution < 1.29 is 4.79 Å². The Bertz CT molecular complexity index is 1840. The van der Waals surface area contributed by atoms with Crippen LogP contribution in [0.3, 0.4) is 0 Å². The van der Waals surface area contributed by atoms with E-state index in [1.165, 1.54) is 0 Å². The number of rotatable bonds is 4. The minimum Gasteiger partial charge on any atom is -0.323 e. The molecule has 2 bridgehead atoms. The highest BCUT2D eigenvalue weighted by atomic mass is 35.5. The van der Waals surface area contributed by atoms with Gasteiger partial charge in [0.15, 0.2) is 0 Å². The van der Waals surface area contributed by atoms with Crippen LogP contribution in [0.25, 0.3) is 33.6 Å². The molecule has 2 atom stereocenters. The van der Waals surface area contributed by atoms with Gasteiger partial charge in [0.25, 0.3) is 5.56 Å². The molecule has 2 unspecified atom stereocenters. The number of aryl methyl sites for hydroxylation is 2. The molecule has 5 heterocycles. The van der Waals surface area contributed by atoms with Crippen LogP contribution in [0.2, 0.25) is 5.02 Å². The van der Waals surface area contributed by atoms with Crippen molar-refractivity contribution >= 4 is 23.2 Å². The van der Waals surface area contributed by atoms with Crippen molar-refractivity contribution in [1.29, 1.82) is 0 Å². The molecule has 0 saturated carbocycles. The molecule has 4 aromatic heterocycles. The fourth-order valence-corrected chi connectivity index (χ4v) is 5.70. The zero-order chi connectivity index (χ0) is 29.4. The molecule has 1 aliphatic rings. The van der Waals surface area contributed by atoms with Crippen molar-refractivity contribution in [2.75, 3.05) is 5.32 Å². The number of hydrogen-bond donors (Lipinski definition) is 1. The van der Waals surface area contributed by atoms with Crippen molar-refractivity contribution in [1.82, 2.24) is 34.1 Å². The van der Waals surface area contributed by atoms with Crippen molar-refractivity contribution in [3.63, 3.8) is 0 Å². The largest absolute Gasteiger partial charge is 0.323 e. The fraction of sp³-hybridized carbons (Fsp3) is 0.290. The molecule has 1 aromatic carbocycles. The van der Waals surface area contributed by atoms with Crippen LogP contribution in [-0.2, 0) is 18.4 Å². The van der Waals surface area contributed by atoms with Crippen LogP contribution in [0.15, 0.2) is 72.3 Å². The van der Waals surface area contributed by atoms with Gasteiger partial charge >= 0.3 is 0 Å². The van der Waals surface area contributed by atoms with Gasteiger partial charge in [-0.2, -0.15) is 10.2 Å². The lowest BCUT2D eigenvalue weighted by Crippen LogP contribution is -2.27. The second-order valence-corrected chi connectivity index (χ2v) is 11.1. The Hall–Kier alpha value is -4.57. The Balaban J connectivity index is 1.43. The number of amides is 1. The first-order chi connectivity index (χ1) is 20.3. The summed E-state index contributed by atoms with van der Waals surface area (Å²) in [5.41, 5.74) is 5.90. The van der Waals surface area contributed by atoms with Crippen LogP contribution in [-0.4, -0.2) is 40.0 Å². The first-order valence-electron chi connectivity index (χ1n) is 14.0. The van der Waals surface area contributed by atoms with Gasteiger partial charge in [-0.3, -0.25) is 28.5 Å². The minimum absolute atomic E-state index is 0.0550. The van der Waals surface area contributed by atoms with Gasteiger partial charge < -0.3 is 5.32 Å². The van der Waals surface area contributed by atoms with E-state index in [1.54, 1.807) is 40.2 Å². The summed E-state index contributed by atoms with van der Waals surface area (Å²) in [5, 5.41) is 12.4. The van der Waals surface area contributed by atoms with Gasteiger partial charge in [-0.05, 0) is 49.6 Å². The zero-order valence-corrected chi connectivity index (χ0v) is 24.4. The number of halogens is 1. The summed E-state index contributed by atoms with van der Waals surface area (Å²) in [6.45, 7) is 4.69. The predicted molar refractivity (Wildman–Crippen MR) is 162 cm³/mol. The summed E-state index contributed by atoms with van der Waals surface area (Å²) in [5.74, 6) is -0.263. The Kier molecular flexibility index (Phi) is 7.47. The first kappa shape index (κ1) is 27.6. The van der Waals surface area contributed by atoms with Gasteiger partial charge in [0.1, 0.15) is 0 Å². The number of aromatic nitrogens is 7. The molecule has 214 valence electrons. The van der Waals surface area contributed by atoms with E-state index in [4.69, 9.17) is 16.6 Å². The number of pyridine rings is 1. The molecule has 0 fully saturated rings. The van der Waals surface area contributed by atoms with E-state index in [-0.39, 0.29) is 23.4 Å². The number of nitrogens with one attached hydrogen (secondary N) is 1. The maximum atomic E-state index is 13.8. The molecular weight excluding hydrogens is 552 g/mol. The zero-order valence-electron chi connectivity index (χ0n) is 23.7. The highest BCUT2D eigenvalue weighted by molar-refractivity contribution is 6.31. The monoisotopic (exact) mass is 582 g/mol. The molecule has 1 aliphatic heterocycles. The number of fused-ring (bicyclic) bond motifs is 4.